The molecule has 1 unspecified atom stereocenters. The minimum atomic E-state index is -4.08. The number of nitrogen functional groups attached to an aromatic ring is 1. The van der Waals surface area contributed by atoms with E-state index in [0.717, 1.165) is 36.1 Å². The van der Waals surface area contributed by atoms with Crippen LogP contribution >= 0.6 is 11.6 Å². The molecule has 7 heterocycles. The van der Waals surface area contributed by atoms with Gasteiger partial charge in [-0.05, 0) is 124 Å². The number of aryl methyl sites for hydroxylation is 3. The van der Waals surface area contributed by atoms with E-state index in [4.69, 9.17) is 46.8 Å². The van der Waals surface area contributed by atoms with Crippen LogP contribution in [-0.4, -0.2) is 85.6 Å². The molecule has 8 rings (SSSR count). The van der Waals surface area contributed by atoms with Gasteiger partial charge in [0.2, 0.25) is 12.0 Å². The van der Waals surface area contributed by atoms with Gasteiger partial charge < -0.3 is 24.8 Å². The normalized spacial score (nSPS) is 12.2. The molecule has 1 fully saturated rings. The summed E-state index contributed by atoms with van der Waals surface area (Å²) in [6.07, 6.45) is 10.5. The van der Waals surface area contributed by atoms with E-state index in [1.54, 1.807) is 38.2 Å². The molecule has 1 aliphatic heterocycles. The number of aliphatic hydroxyl groups excluding tert-OH is 3. The number of nitrogens with two attached hydrogens (primary N) is 1. The number of fused-ring (bicyclic) bond motifs is 1. The highest BCUT2D eigenvalue weighted by atomic mass is 35.5. The van der Waals surface area contributed by atoms with Gasteiger partial charge in [-0.25, -0.2) is 42.9 Å². The summed E-state index contributed by atoms with van der Waals surface area (Å²) in [5.41, 5.74) is 3.30. The molecule has 1 atom stereocenters. The molecule has 1 aromatic carbocycles. The van der Waals surface area contributed by atoms with Gasteiger partial charge in [0.05, 0.1) is 17.2 Å². The van der Waals surface area contributed by atoms with Crippen molar-refractivity contribution in [2.75, 3.05) is 32.3 Å². The number of aliphatic hydroxyl groups is 3. The maximum absolute atomic E-state index is 13.1. The zero-order valence-corrected chi connectivity index (χ0v) is 41.1. The molecule has 0 aliphatic carbocycles. The van der Waals surface area contributed by atoms with Gasteiger partial charge in [-0.3, -0.25) is 4.55 Å². The number of rotatable bonds is 4. The first-order chi connectivity index (χ1) is 34.9. The molecule has 6 aromatic heterocycles. The Labute approximate surface area is 423 Å². The van der Waals surface area contributed by atoms with E-state index in [1.807, 2.05) is 6.92 Å². The Hall–Kier alpha value is -7.36. The van der Waals surface area contributed by atoms with E-state index in [-0.39, 0.29) is 65.7 Å². The molecule has 1 saturated heterocycles. The minimum absolute atomic E-state index is 0.0260. The van der Waals surface area contributed by atoms with Gasteiger partial charge in [-0.2, -0.15) is 17.9 Å². The Bertz CT molecular complexity index is 3120. The van der Waals surface area contributed by atoms with Crippen LogP contribution in [0.2, 0.25) is 5.15 Å². The number of pyridine rings is 5. The average Bonchev–Trinajstić information content (AvgIpc) is 3.80. The highest BCUT2D eigenvalue weighted by Gasteiger charge is 2.16. The molecule has 7 aromatic rings. The smallest absolute Gasteiger partial charge is 0.321 e. The largest absolute Gasteiger partial charge is 0.390 e. The van der Waals surface area contributed by atoms with Crippen LogP contribution < -0.4 is 10.5 Å². The van der Waals surface area contributed by atoms with Crippen molar-refractivity contribution < 1.29 is 64.4 Å². The van der Waals surface area contributed by atoms with Crippen LogP contribution in [-0.2, 0) is 26.2 Å². The molecule has 384 valence electrons. The second-order valence-electron chi connectivity index (χ2n) is 14.6. The summed E-state index contributed by atoms with van der Waals surface area (Å²) in [5, 5.41) is 29.2. The first kappa shape index (κ1) is 59.9. The number of aromatic nitrogens is 6. The van der Waals surface area contributed by atoms with Crippen LogP contribution in [0.25, 0.3) is 5.52 Å². The summed E-state index contributed by atoms with van der Waals surface area (Å²) in [7, 11) is -4.08. The number of hydrogen-bond donors (Lipinski definition) is 5. The molecule has 73 heavy (non-hydrogen) atoms. The van der Waals surface area contributed by atoms with E-state index >= 15 is 0 Å². The summed E-state index contributed by atoms with van der Waals surface area (Å²) >= 11 is 5.22. The lowest BCUT2D eigenvalue weighted by molar-refractivity contribution is -0.643. The van der Waals surface area contributed by atoms with E-state index in [2.05, 4.69) is 55.6 Å². The Morgan fingerprint density at radius 1 is 0.767 bits per heavy atom. The second kappa shape index (κ2) is 31.9. The average molecular weight is 1050 g/mol. The Balaban J connectivity index is 0.000000234. The van der Waals surface area contributed by atoms with Gasteiger partial charge in [0.15, 0.2) is 28.9 Å². The highest BCUT2D eigenvalue weighted by Crippen LogP contribution is 2.21. The summed E-state index contributed by atoms with van der Waals surface area (Å²) in [4.78, 5) is 11.0. The van der Waals surface area contributed by atoms with Crippen molar-refractivity contribution in [1.29, 1.82) is 0 Å². The third-order valence-electron chi connectivity index (χ3n) is 8.99. The third-order valence-corrected chi connectivity index (χ3v) is 10.4. The topological polar surface area (TPSA) is 219 Å². The maximum atomic E-state index is 13.1. The molecular formula is C51H50ClF5N7O8S+. The molecule has 0 radical (unpaired) electrons. The molecule has 0 saturated carbocycles. The molecule has 6 N–H and O–H groups in total. The van der Waals surface area contributed by atoms with Crippen molar-refractivity contribution in [3.63, 3.8) is 0 Å². The molecule has 1 aliphatic rings. The van der Waals surface area contributed by atoms with Crippen molar-refractivity contribution in [2.24, 2.45) is 0 Å². The fourth-order valence-electron chi connectivity index (χ4n) is 5.97. The van der Waals surface area contributed by atoms with Gasteiger partial charge >= 0.3 is 5.69 Å². The molecular weight excluding hydrogens is 1000 g/mol. The Morgan fingerprint density at radius 2 is 1.33 bits per heavy atom. The van der Waals surface area contributed by atoms with Crippen molar-refractivity contribution in [3.05, 3.63) is 184 Å². The highest BCUT2D eigenvalue weighted by molar-refractivity contribution is 7.86. The second-order valence-corrected chi connectivity index (χ2v) is 16.3. The predicted molar refractivity (Wildman–Crippen MR) is 260 cm³/mol. The van der Waals surface area contributed by atoms with Crippen molar-refractivity contribution in [2.45, 2.75) is 57.8 Å². The minimum Gasteiger partial charge on any atom is -0.390 e. The van der Waals surface area contributed by atoms with Crippen molar-refractivity contribution in [1.82, 2.24) is 24.6 Å². The van der Waals surface area contributed by atoms with Gasteiger partial charge in [-0.15, -0.1) is 0 Å². The lowest BCUT2D eigenvalue weighted by Gasteiger charge is -2.21. The first-order valence-corrected chi connectivity index (χ1v) is 23.3. The lowest BCUT2D eigenvalue weighted by Crippen LogP contribution is -2.47. The van der Waals surface area contributed by atoms with E-state index in [9.17, 15) is 30.4 Å². The molecule has 0 bridgehead atoms. The molecule has 0 amide bonds. The molecule has 22 heteroatoms. The Morgan fingerprint density at radius 3 is 1.82 bits per heavy atom. The van der Waals surface area contributed by atoms with Crippen LogP contribution in [0.1, 0.15) is 58.7 Å². The summed E-state index contributed by atoms with van der Waals surface area (Å²) in [5.74, 6) is 17.9. The number of ether oxygens (including phenoxy) is 2. The molecule has 0 spiro atoms. The Kier molecular flexibility index (Phi) is 26.2. The fraction of sp³-hybridized carbons (Fsp3) is 0.235. The SMILES string of the molecule is Cc1cc(C)c(S(=O)(=O)O)c(C)c1.Fc1cccnc1C#CCOC1CCCCO1.Fc1cccnc1Cl.N[n+]1cccc(F)c1C#CCO.OCC#Cc1ncccc1F.OCc1cc2c(F)cccn2n1. The predicted octanol–water partition coefficient (Wildman–Crippen LogP) is 6.55. The first-order valence-electron chi connectivity index (χ1n) is 21.5. The van der Waals surface area contributed by atoms with Crippen LogP contribution in [0, 0.1) is 85.4 Å². The van der Waals surface area contributed by atoms with E-state index in [1.165, 1.54) is 90.0 Å². The fourth-order valence-corrected chi connectivity index (χ4v) is 7.02. The summed E-state index contributed by atoms with van der Waals surface area (Å²) in [6.45, 7) is 5.44. The van der Waals surface area contributed by atoms with Crippen molar-refractivity contribution >= 4 is 27.2 Å². The van der Waals surface area contributed by atoms with Crippen LogP contribution in [0.4, 0.5) is 22.0 Å². The molecule has 15 nitrogen and oxygen atoms in total. The number of nitrogens with zero attached hydrogens (tertiary/aromatic N) is 6. The van der Waals surface area contributed by atoms with Crippen molar-refractivity contribution in [3.8, 4) is 35.5 Å². The van der Waals surface area contributed by atoms with E-state index in [0.29, 0.717) is 22.3 Å². The zero-order valence-electron chi connectivity index (χ0n) is 39.5. The monoisotopic (exact) mass is 1050 g/mol. The van der Waals surface area contributed by atoms with Gasteiger partial charge in [-0.1, -0.05) is 51.7 Å². The number of halogens is 6. The van der Waals surface area contributed by atoms with Gasteiger partial charge in [0.1, 0.15) is 42.5 Å². The number of hydrogen-bond acceptors (Lipinski definition) is 12. The maximum Gasteiger partial charge on any atom is 0.321 e. The lowest BCUT2D eigenvalue weighted by atomic mass is 10.1. The quantitative estimate of drug-likeness (QED) is 0.0316. The van der Waals surface area contributed by atoms with Crippen LogP contribution in [0.5, 0.6) is 0 Å². The van der Waals surface area contributed by atoms with E-state index < -0.39 is 33.4 Å². The standard InChI is InChI=1S/C13H14FNO2.C9H12O3S.C8H7FN2O.C8H8FN2O.C8H6FNO.C5H3ClFN/c14-11-5-3-8-15-12(11)6-4-10-17-13-7-1-2-9-16-13;1-6-4-7(2)9(8(3)5-6)13(10,11)12;9-7-2-1-3-11-8(7)4-6(5-12)10-11;9-7-3-1-5-11(10)8(7)4-2-6-12;9-7-3-1-5-10-8(7)4-2-6-11;6-5-4(7)2-1-3-8-5/h3,5,8,13H,1-2,7,9-10H2;4-5H,1-3H3,(H,10,11,12);1-4,12H,5H2;1,3,5,12H,6,10H2;1,3,5,11H,6H2;1-3H/q;;;+1;;. The van der Waals surface area contributed by atoms with Gasteiger partial charge in [0, 0.05) is 43.4 Å². The summed E-state index contributed by atoms with van der Waals surface area (Å²) in [6, 6.07) is 19.0. The van der Waals surface area contributed by atoms with Crippen LogP contribution in [0.3, 0.4) is 0 Å². The van der Waals surface area contributed by atoms with Crippen LogP contribution in [0.15, 0.2) is 115 Å². The summed E-state index contributed by atoms with van der Waals surface area (Å²) < 4.78 is 108. The number of benzene rings is 1. The zero-order chi connectivity index (χ0) is 53.8. The van der Waals surface area contributed by atoms with Gasteiger partial charge in [0.25, 0.3) is 10.1 Å². The third kappa shape index (κ3) is 21.5.